The zero-order valence-corrected chi connectivity index (χ0v) is 15.8. The number of nitrogens with one attached hydrogen (secondary N) is 1. The molecule has 1 N–H and O–H groups in total. The second-order valence-electron chi connectivity index (χ2n) is 6.43. The van der Waals surface area contributed by atoms with E-state index in [0.29, 0.717) is 18.0 Å². The number of carbonyl (C=O) groups is 1. The highest BCUT2D eigenvalue weighted by Gasteiger charge is 2.10. The van der Waals surface area contributed by atoms with Crippen LogP contribution >= 0.6 is 11.6 Å². The number of fused-ring (bicyclic) bond motifs is 1. The first-order chi connectivity index (χ1) is 12.7. The van der Waals surface area contributed by atoms with Crippen LogP contribution in [0, 0.1) is 0 Å². The lowest BCUT2D eigenvalue weighted by molar-refractivity contribution is -0.120. The molecule has 0 unspecified atom stereocenters. The van der Waals surface area contributed by atoms with Crippen LogP contribution in [-0.2, 0) is 24.2 Å². The normalized spacial score (nSPS) is 11.0. The van der Waals surface area contributed by atoms with Crippen LogP contribution in [0.15, 0.2) is 48.5 Å². The largest absolute Gasteiger partial charge is 0.356 e. The molecule has 0 aliphatic rings. The summed E-state index contributed by atoms with van der Waals surface area (Å²) in [6.07, 6.45) is 3.19. The van der Waals surface area contributed by atoms with Gasteiger partial charge in [0.15, 0.2) is 0 Å². The molecule has 0 atom stereocenters. The van der Waals surface area contributed by atoms with E-state index in [4.69, 9.17) is 16.6 Å². The Labute approximate surface area is 159 Å². The predicted molar refractivity (Wildman–Crippen MR) is 107 cm³/mol. The van der Waals surface area contributed by atoms with Gasteiger partial charge in [0, 0.05) is 24.5 Å². The molecule has 0 saturated heterocycles. The van der Waals surface area contributed by atoms with Gasteiger partial charge in [-0.25, -0.2) is 4.98 Å². The summed E-state index contributed by atoms with van der Waals surface area (Å²) in [5.41, 5.74) is 3.20. The molecule has 2 aromatic carbocycles. The van der Waals surface area contributed by atoms with Gasteiger partial charge in [-0.1, -0.05) is 42.8 Å². The third-order valence-electron chi connectivity index (χ3n) is 4.36. The molecule has 0 aliphatic heterocycles. The molecule has 0 fully saturated rings. The van der Waals surface area contributed by atoms with Crippen LogP contribution in [0.1, 0.15) is 31.2 Å². The number of benzene rings is 2. The molecule has 3 aromatic rings. The first-order valence-electron chi connectivity index (χ1n) is 9.12. The number of para-hydroxylation sites is 2. The van der Waals surface area contributed by atoms with Gasteiger partial charge in [0.05, 0.1) is 17.5 Å². The van der Waals surface area contributed by atoms with E-state index in [2.05, 4.69) is 35.0 Å². The van der Waals surface area contributed by atoms with Gasteiger partial charge in [-0.2, -0.15) is 0 Å². The maximum Gasteiger partial charge on any atom is 0.224 e. The molecular formula is C21H24ClN3O. The van der Waals surface area contributed by atoms with Crippen molar-refractivity contribution in [2.24, 2.45) is 0 Å². The zero-order chi connectivity index (χ0) is 18.4. The Morgan fingerprint density at radius 1 is 1.15 bits per heavy atom. The van der Waals surface area contributed by atoms with Crippen LogP contribution in [0.3, 0.4) is 0 Å². The third-order valence-corrected chi connectivity index (χ3v) is 4.61. The lowest BCUT2D eigenvalue weighted by Crippen LogP contribution is -2.26. The number of imidazole rings is 1. The lowest BCUT2D eigenvalue weighted by atomic mass is 10.1. The molecule has 136 valence electrons. The monoisotopic (exact) mass is 369 g/mol. The number of nitrogens with zero attached hydrogens (tertiary/aromatic N) is 2. The van der Waals surface area contributed by atoms with Crippen molar-refractivity contribution in [1.82, 2.24) is 14.9 Å². The molecule has 0 saturated carbocycles. The minimum Gasteiger partial charge on any atom is -0.356 e. The molecule has 0 radical (unpaired) electrons. The summed E-state index contributed by atoms with van der Waals surface area (Å²) in [4.78, 5) is 16.8. The number of aryl methyl sites for hydroxylation is 2. The first-order valence-corrected chi connectivity index (χ1v) is 9.50. The molecule has 1 heterocycles. The molecule has 0 aliphatic carbocycles. The highest BCUT2D eigenvalue weighted by atomic mass is 35.5. The van der Waals surface area contributed by atoms with Gasteiger partial charge in [0.1, 0.15) is 5.82 Å². The van der Waals surface area contributed by atoms with E-state index in [9.17, 15) is 4.79 Å². The minimum atomic E-state index is 0.0365. The molecule has 26 heavy (non-hydrogen) atoms. The highest BCUT2D eigenvalue weighted by molar-refractivity contribution is 6.30. The van der Waals surface area contributed by atoms with Crippen LogP contribution in [-0.4, -0.2) is 22.0 Å². The number of amides is 1. The van der Waals surface area contributed by atoms with Gasteiger partial charge in [0.25, 0.3) is 0 Å². The summed E-state index contributed by atoms with van der Waals surface area (Å²) >= 11 is 5.86. The zero-order valence-electron chi connectivity index (χ0n) is 15.0. The van der Waals surface area contributed by atoms with Crippen LogP contribution in [0.5, 0.6) is 0 Å². The average Bonchev–Trinajstić information content (AvgIpc) is 2.99. The van der Waals surface area contributed by atoms with E-state index in [1.165, 1.54) is 5.52 Å². The molecule has 3 rings (SSSR count). The summed E-state index contributed by atoms with van der Waals surface area (Å²) in [5, 5.41) is 3.68. The second kappa shape index (κ2) is 8.86. The topological polar surface area (TPSA) is 46.9 Å². The van der Waals surface area contributed by atoms with Gasteiger partial charge in [-0.05, 0) is 42.7 Å². The van der Waals surface area contributed by atoms with Gasteiger partial charge in [-0.3, -0.25) is 4.79 Å². The third kappa shape index (κ3) is 4.64. The second-order valence-corrected chi connectivity index (χ2v) is 6.86. The smallest absolute Gasteiger partial charge is 0.224 e. The van der Waals surface area contributed by atoms with Crippen LogP contribution in [0.4, 0.5) is 0 Å². The summed E-state index contributed by atoms with van der Waals surface area (Å²) in [7, 11) is 0. The molecule has 0 bridgehead atoms. The van der Waals surface area contributed by atoms with E-state index in [0.717, 1.165) is 42.7 Å². The predicted octanol–water partition coefficient (Wildman–Crippen LogP) is 4.39. The maximum atomic E-state index is 12.1. The number of aromatic nitrogens is 2. The van der Waals surface area contributed by atoms with E-state index in [1.54, 1.807) is 0 Å². The van der Waals surface area contributed by atoms with Gasteiger partial charge < -0.3 is 9.88 Å². The Bertz CT molecular complexity index is 871. The maximum absolute atomic E-state index is 12.1. The summed E-state index contributed by atoms with van der Waals surface area (Å²) in [5.74, 6) is 1.13. The van der Waals surface area contributed by atoms with Crippen molar-refractivity contribution < 1.29 is 4.79 Å². The van der Waals surface area contributed by atoms with E-state index >= 15 is 0 Å². The van der Waals surface area contributed by atoms with Crippen LogP contribution < -0.4 is 5.32 Å². The van der Waals surface area contributed by atoms with Crippen LogP contribution in [0.25, 0.3) is 11.0 Å². The first kappa shape index (κ1) is 18.5. The fraction of sp³-hybridized carbons (Fsp3) is 0.333. The number of rotatable bonds is 8. The standard InChI is InChI=1S/C21H24ClN3O/c1-2-14-25-19-7-4-3-6-18(19)24-20(25)8-5-13-23-21(26)15-16-9-11-17(22)12-10-16/h3-4,6-7,9-12H,2,5,8,13-15H2,1H3,(H,23,26). The van der Waals surface area contributed by atoms with Crippen molar-refractivity contribution >= 4 is 28.5 Å². The molecule has 5 heteroatoms. The Balaban J connectivity index is 1.51. The van der Waals surface area contributed by atoms with Gasteiger partial charge in [0.2, 0.25) is 5.91 Å². The summed E-state index contributed by atoms with van der Waals surface area (Å²) in [6.45, 7) is 3.80. The summed E-state index contributed by atoms with van der Waals surface area (Å²) in [6, 6.07) is 15.6. The fourth-order valence-corrected chi connectivity index (χ4v) is 3.24. The number of hydrogen-bond donors (Lipinski definition) is 1. The average molecular weight is 370 g/mol. The quantitative estimate of drug-likeness (QED) is 0.598. The van der Waals surface area contributed by atoms with E-state index in [-0.39, 0.29) is 5.91 Å². The van der Waals surface area contributed by atoms with Crippen molar-refractivity contribution in [2.45, 2.75) is 39.2 Å². The lowest BCUT2D eigenvalue weighted by Gasteiger charge is -2.08. The highest BCUT2D eigenvalue weighted by Crippen LogP contribution is 2.17. The van der Waals surface area contributed by atoms with Crippen molar-refractivity contribution in [3.8, 4) is 0 Å². The Hall–Kier alpha value is -2.33. The fourth-order valence-electron chi connectivity index (χ4n) is 3.11. The number of halogens is 1. The van der Waals surface area contributed by atoms with Crippen molar-refractivity contribution in [2.75, 3.05) is 6.54 Å². The Morgan fingerprint density at radius 3 is 2.69 bits per heavy atom. The van der Waals surface area contributed by atoms with Crippen molar-refractivity contribution in [1.29, 1.82) is 0 Å². The SMILES string of the molecule is CCCn1c(CCCNC(=O)Cc2ccc(Cl)cc2)nc2ccccc21. The summed E-state index contributed by atoms with van der Waals surface area (Å²) < 4.78 is 2.30. The minimum absolute atomic E-state index is 0.0365. The molecule has 1 aromatic heterocycles. The molecule has 1 amide bonds. The number of hydrogen-bond acceptors (Lipinski definition) is 2. The van der Waals surface area contributed by atoms with Crippen LogP contribution in [0.2, 0.25) is 5.02 Å². The molecular weight excluding hydrogens is 346 g/mol. The van der Waals surface area contributed by atoms with Crippen molar-refractivity contribution in [3.63, 3.8) is 0 Å². The van der Waals surface area contributed by atoms with E-state index < -0.39 is 0 Å². The van der Waals surface area contributed by atoms with E-state index in [1.807, 2.05) is 30.3 Å². The number of carbonyl (C=O) groups excluding carboxylic acids is 1. The Kier molecular flexibility index (Phi) is 6.29. The van der Waals surface area contributed by atoms with Crippen molar-refractivity contribution in [3.05, 3.63) is 64.9 Å². The molecule has 4 nitrogen and oxygen atoms in total. The van der Waals surface area contributed by atoms with Gasteiger partial charge >= 0.3 is 0 Å². The molecule has 0 spiro atoms. The Morgan fingerprint density at radius 2 is 1.92 bits per heavy atom. The van der Waals surface area contributed by atoms with Gasteiger partial charge in [-0.15, -0.1) is 0 Å².